The fourth-order valence-corrected chi connectivity index (χ4v) is 3.06. The van der Waals surface area contributed by atoms with E-state index in [2.05, 4.69) is 5.32 Å². The second kappa shape index (κ2) is 10.5. The van der Waals surface area contributed by atoms with Crippen LogP contribution in [0.25, 0.3) is 0 Å². The topological polar surface area (TPSA) is 116 Å². The normalized spacial score (nSPS) is 12.9. The van der Waals surface area contributed by atoms with E-state index >= 15 is 0 Å². The zero-order chi connectivity index (χ0) is 17.9. The molecule has 0 spiro atoms. The van der Waals surface area contributed by atoms with Gasteiger partial charge < -0.3 is 15.8 Å². The van der Waals surface area contributed by atoms with Crippen LogP contribution in [0.5, 0.6) is 0 Å². The predicted octanol–water partition coefficient (Wildman–Crippen LogP) is 0.498. The molecule has 2 atom stereocenters. The molecule has 0 unspecified atom stereocenters. The smallest absolute Gasteiger partial charge is 0.306 e. The van der Waals surface area contributed by atoms with Crippen LogP contribution < -0.4 is 11.1 Å². The van der Waals surface area contributed by atoms with Crippen molar-refractivity contribution in [1.29, 1.82) is 0 Å². The van der Waals surface area contributed by atoms with Crippen LogP contribution in [0.15, 0.2) is 35.2 Å². The summed E-state index contributed by atoms with van der Waals surface area (Å²) >= 11 is 0. The van der Waals surface area contributed by atoms with Crippen LogP contribution in [0.4, 0.5) is 0 Å². The molecule has 1 aromatic carbocycles. The summed E-state index contributed by atoms with van der Waals surface area (Å²) in [6, 6.07) is 7.90. The van der Waals surface area contributed by atoms with Crippen molar-refractivity contribution in [1.82, 2.24) is 5.32 Å². The SMILES string of the molecule is CCOC(=O)CCC(=O)N[C@H](CC[S@](=O)c1ccccc1)C(N)=O. The van der Waals surface area contributed by atoms with Gasteiger partial charge in [-0.15, -0.1) is 0 Å². The summed E-state index contributed by atoms with van der Waals surface area (Å²) in [6.07, 6.45) is -0.00647. The van der Waals surface area contributed by atoms with Crippen molar-refractivity contribution in [3.8, 4) is 0 Å². The van der Waals surface area contributed by atoms with Crippen molar-refractivity contribution in [2.45, 2.75) is 37.1 Å². The van der Waals surface area contributed by atoms with Crippen LogP contribution in [0.1, 0.15) is 26.2 Å². The van der Waals surface area contributed by atoms with Crippen molar-refractivity contribution in [3.63, 3.8) is 0 Å². The molecule has 24 heavy (non-hydrogen) atoms. The zero-order valence-corrected chi connectivity index (χ0v) is 14.3. The van der Waals surface area contributed by atoms with Crippen LogP contribution in [0.2, 0.25) is 0 Å². The maximum atomic E-state index is 12.1. The number of rotatable bonds is 10. The Morgan fingerprint density at radius 1 is 1.21 bits per heavy atom. The van der Waals surface area contributed by atoms with Crippen molar-refractivity contribution >= 4 is 28.6 Å². The van der Waals surface area contributed by atoms with Gasteiger partial charge in [0.05, 0.1) is 23.8 Å². The average Bonchev–Trinajstić information content (AvgIpc) is 2.57. The highest BCUT2D eigenvalue weighted by Crippen LogP contribution is 2.08. The van der Waals surface area contributed by atoms with Crippen LogP contribution in [-0.2, 0) is 29.9 Å². The number of carbonyl (C=O) groups excluding carboxylic acids is 3. The van der Waals surface area contributed by atoms with Gasteiger partial charge in [-0.05, 0) is 25.5 Å². The van der Waals surface area contributed by atoms with E-state index in [-0.39, 0.29) is 31.6 Å². The highest BCUT2D eigenvalue weighted by atomic mass is 32.2. The molecule has 0 fully saturated rings. The first-order valence-corrected chi connectivity index (χ1v) is 8.93. The first-order valence-electron chi connectivity index (χ1n) is 7.61. The molecule has 0 bridgehead atoms. The first kappa shape index (κ1) is 19.8. The van der Waals surface area contributed by atoms with Gasteiger partial charge in [-0.3, -0.25) is 18.6 Å². The van der Waals surface area contributed by atoms with E-state index in [0.717, 1.165) is 0 Å². The number of hydrogen-bond acceptors (Lipinski definition) is 5. The van der Waals surface area contributed by atoms with E-state index in [0.29, 0.717) is 4.90 Å². The van der Waals surface area contributed by atoms with Gasteiger partial charge in [-0.25, -0.2) is 0 Å². The molecule has 0 aromatic heterocycles. The van der Waals surface area contributed by atoms with Crippen LogP contribution in [-0.4, -0.2) is 40.4 Å². The van der Waals surface area contributed by atoms with Crippen LogP contribution in [0, 0.1) is 0 Å². The van der Waals surface area contributed by atoms with Crippen molar-refractivity contribution in [2.75, 3.05) is 12.4 Å². The Labute approximate surface area is 143 Å². The Morgan fingerprint density at radius 2 is 1.88 bits per heavy atom. The number of primary amides is 1. The van der Waals surface area contributed by atoms with Gasteiger partial charge in [0.2, 0.25) is 11.8 Å². The summed E-state index contributed by atoms with van der Waals surface area (Å²) in [5.74, 6) is -1.47. The molecule has 7 nitrogen and oxygen atoms in total. The number of hydrogen-bond donors (Lipinski definition) is 2. The zero-order valence-electron chi connectivity index (χ0n) is 13.5. The highest BCUT2D eigenvalue weighted by molar-refractivity contribution is 7.85. The van der Waals surface area contributed by atoms with Gasteiger partial charge in [0.15, 0.2) is 0 Å². The third-order valence-electron chi connectivity index (χ3n) is 3.14. The Kier molecular flexibility index (Phi) is 8.70. The van der Waals surface area contributed by atoms with Gasteiger partial charge in [-0.1, -0.05) is 18.2 Å². The number of nitrogens with two attached hydrogens (primary N) is 1. The van der Waals surface area contributed by atoms with Gasteiger partial charge in [0.25, 0.3) is 0 Å². The molecule has 8 heteroatoms. The molecule has 0 saturated carbocycles. The molecule has 3 N–H and O–H groups in total. The average molecular weight is 354 g/mol. The monoisotopic (exact) mass is 354 g/mol. The number of esters is 1. The fraction of sp³-hybridized carbons (Fsp3) is 0.438. The molecule has 1 aromatic rings. The van der Waals surface area contributed by atoms with Crippen LogP contribution >= 0.6 is 0 Å². The Bertz CT molecular complexity index is 591. The molecule has 0 aliphatic heterocycles. The quantitative estimate of drug-likeness (QED) is 0.594. The van der Waals surface area contributed by atoms with Gasteiger partial charge >= 0.3 is 5.97 Å². The lowest BCUT2D eigenvalue weighted by Gasteiger charge is -2.15. The third-order valence-corrected chi connectivity index (χ3v) is 4.54. The van der Waals surface area contributed by atoms with E-state index in [4.69, 9.17) is 10.5 Å². The van der Waals surface area contributed by atoms with Gasteiger partial charge in [0.1, 0.15) is 6.04 Å². The second-order valence-electron chi connectivity index (χ2n) is 4.98. The summed E-state index contributed by atoms with van der Waals surface area (Å²) in [5, 5.41) is 2.47. The maximum absolute atomic E-state index is 12.1. The summed E-state index contributed by atoms with van der Waals surface area (Å²) in [4.78, 5) is 35.1. The molecule has 2 amide bonds. The van der Waals surface area contributed by atoms with Crippen molar-refractivity contribution in [3.05, 3.63) is 30.3 Å². The van der Waals surface area contributed by atoms with Gasteiger partial charge in [0, 0.05) is 17.1 Å². The minimum Gasteiger partial charge on any atom is -0.466 e. The van der Waals surface area contributed by atoms with Gasteiger partial charge in [-0.2, -0.15) is 0 Å². The lowest BCUT2D eigenvalue weighted by molar-refractivity contribution is -0.144. The van der Waals surface area contributed by atoms with E-state index in [1.54, 1.807) is 31.2 Å². The number of carbonyl (C=O) groups is 3. The summed E-state index contributed by atoms with van der Waals surface area (Å²) in [5.41, 5.74) is 5.27. The van der Waals surface area contributed by atoms with E-state index < -0.39 is 34.6 Å². The molecule has 0 radical (unpaired) electrons. The summed E-state index contributed by atoms with van der Waals surface area (Å²) in [7, 11) is -1.28. The highest BCUT2D eigenvalue weighted by Gasteiger charge is 2.20. The fourth-order valence-electron chi connectivity index (χ4n) is 1.92. The molecule has 0 heterocycles. The van der Waals surface area contributed by atoms with Crippen molar-refractivity contribution in [2.24, 2.45) is 5.73 Å². The molecular formula is C16H22N2O5S. The lowest BCUT2D eigenvalue weighted by Crippen LogP contribution is -2.45. The minimum atomic E-state index is -1.28. The Hall–Kier alpha value is -2.22. The standard InChI is InChI=1S/C16H22N2O5S/c1-2-23-15(20)9-8-14(19)18-13(16(17)21)10-11-24(22)12-6-4-3-5-7-12/h3-7,13H,2,8-11H2,1H3,(H2,17,21)(H,18,19)/t13-,24+/m1/s1. The van der Waals surface area contributed by atoms with E-state index in [1.807, 2.05) is 6.07 Å². The van der Waals surface area contributed by atoms with E-state index in [1.165, 1.54) is 0 Å². The molecule has 132 valence electrons. The number of nitrogens with one attached hydrogen (secondary N) is 1. The Balaban J connectivity index is 2.46. The number of amides is 2. The Morgan fingerprint density at radius 3 is 2.46 bits per heavy atom. The van der Waals surface area contributed by atoms with E-state index in [9.17, 15) is 18.6 Å². The first-order chi connectivity index (χ1) is 11.4. The lowest BCUT2D eigenvalue weighted by atomic mass is 10.2. The third kappa shape index (κ3) is 7.36. The molecule has 0 aliphatic rings. The minimum absolute atomic E-state index is 0.0684. The molecule has 0 saturated heterocycles. The number of benzene rings is 1. The molecule has 0 aliphatic carbocycles. The van der Waals surface area contributed by atoms with Crippen LogP contribution in [0.3, 0.4) is 0 Å². The summed E-state index contributed by atoms with van der Waals surface area (Å²) in [6.45, 7) is 1.92. The maximum Gasteiger partial charge on any atom is 0.306 e. The molecule has 1 rings (SSSR count). The predicted molar refractivity (Wildman–Crippen MR) is 89.3 cm³/mol. The largest absolute Gasteiger partial charge is 0.466 e. The second-order valence-corrected chi connectivity index (χ2v) is 6.55. The number of ether oxygens (including phenoxy) is 1. The van der Waals surface area contributed by atoms with Crippen molar-refractivity contribution < 1.29 is 23.3 Å². The molecular weight excluding hydrogens is 332 g/mol. The summed E-state index contributed by atoms with van der Waals surface area (Å²) < 4.78 is 16.9.